The summed E-state index contributed by atoms with van der Waals surface area (Å²) < 4.78 is 5.06. The fourth-order valence-corrected chi connectivity index (χ4v) is 0.954. The molecule has 0 radical (unpaired) electrons. The van der Waals surface area contributed by atoms with E-state index in [-0.39, 0.29) is 12.6 Å². The lowest BCUT2D eigenvalue weighted by Gasteiger charge is -2.22. The molecule has 0 bridgehead atoms. The third-order valence-corrected chi connectivity index (χ3v) is 1.60. The lowest BCUT2D eigenvalue weighted by atomic mass is 10.2. The van der Waals surface area contributed by atoms with Crippen LogP contribution in [0, 0.1) is 0 Å². The second-order valence-corrected chi connectivity index (χ2v) is 4.33. The quantitative estimate of drug-likeness (QED) is 0.703. The van der Waals surface area contributed by atoms with E-state index in [4.69, 9.17) is 9.84 Å². The molecule has 0 rings (SSSR count). The van der Waals surface area contributed by atoms with Crippen LogP contribution >= 0.6 is 0 Å². The van der Waals surface area contributed by atoms with Crippen molar-refractivity contribution < 1.29 is 14.6 Å². The molecular weight excluding hydrogens is 194 g/mol. The summed E-state index contributed by atoms with van der Waals surface area (Å²) in [5, 5.41) is 11.6. The van der Waals surface area contributed by atoms with Crippen LogP contribution in [0.3, 0.4) is 0 Å². The van der Waals surface area contributed by atoms with E-state index in [1.54, 1.807) is 20.8 Å². The molecule has 0 aromatic rings. The molecule has 0 fully saturated rings. The molecule has 0 saturated carbocycles. The molecule has 2 N–H and O–H groups in total. The van der Waals surface area contributed by atoms with Gasteiger partial charge in [0.15, 0.2) is 0 Å². The molecule has 0 aliphatic rings. The second kappa shape index (κ2) is 6.45. The molecule has 88 valence electrons. The maximum Gasteiger partial charge on any atom is 0.407 e. The number of aliphatic hydroxyl groups excluding tert-OH is 1. The highest BCUT2D eigenvalue weighted by Crippen LogP contribution is 2.07. The maximum absolute atomic E-state index is 11.3. The van der Waals surface area contributed by atoms with Gasteiger partial charge >= 0.3 is 6.09 Å². The Hall–Kier alpha value is -1.03. The van der Waals surface area contributed by atoms with Gasteiger partial charge in [-0.1, -0.05) is 12.2 Å². The molecule has 4 heteroatoms. The second-order valence-electron chi connectivity index (χ2n) is 4.33. The molecule has 15 heavy (non-hydrogen) atoms. The van der Waals surface area contributed by atoms with E-state index < -0.39 is 11.7 Å². The van der Waals surface area contributed by atoms with Gasteiger partial charge in [0.05, 0.1) is 12.6 Å². The van der Waals surface area contributed by atoms with Gasteiger partial charge in [-0.2, -0.15) is 0 Å². The van der Waals surface area contributed by atoms with Crippen molar-refractivity contribution in [3.8, 4) is 0 Å². The largest absolute Gasteiger partial charge is 0.444 e. The highest BCUT2D eigenvalue weighted by atomic mass is 16.6. The van der Waals surface area contributed by atoms with Crippen molar-refractivity contribution in [1.29, 1.82) is 0 Å². The Morgan fingerprint density at radius 1 is 1.53 bits per heavy atom. The number of hydrogen-bond donors (Lipinski definition) is 2. The lowest BCUT2D eigenvalue weighted by Crippen LogP contribution is -2.40. The lowest BCUT2D eigenvalue weighted by molar-refractivity contribution is 0.0483. The van der Waals surface area contributed by atoms with E-state index in [2.05, 4.69) is 5.32 Å². The summed E-state index contributed by atoms with van der Waals surface area (Å²) in [6.07, 6.45) is 3.87. The predicted molar refractivity (Wildman–Crippen MR) is 59.7 cm³/mol. The smallest absolute Gasteiger partial charge is 0.407 e. The summed E-state index contributed by atoms with van der Waals surface area (Å²) >= 11 is 0. The normalized spacial score (nSPS) is 13.9. The molecule has 0 unspecified atom stereocenters. The Morgan fingerprint density at radius 2 is 2.13 bits per heavy atom. The van der Waals surface area contributed by atoms with Gasteiger partial charge in [0.2, 0.25) is 0 Å². The van der Waals surface area contributed by atoms with Crippen molar-refractivity contribution in [2.24, 2.45) is 0 Å². The number of rotatable bonds is 4. The first kappa shape index (κ1) is 14.0. The van der Waals surface area contributed by atoms with Crippen LogP contribution in [0.4, 0.5) is 4.79 Å². The average molecular weight is 215 g/mol. The molecule has 4 nitrogen and oxygen atoms in total. The number of carbonyl (C=O) groups is 1. The molecule has 0 saturated heterocycles. The van der Waals surface area contributed by atoms with Crippen molar-refractivity contribution in [3.05, 3.63) is 12.2 Å². The van der Waals surface area contributed by atoms with Crippen LogP contribution in [0.15, 0.2) is 12.2 Å². The molecule has 0 aromatic carbocycles. The number of alkyl carbamates (subject to hydrolysis) is 1. The zero-order valence-corrected chi connectivity index (χ0v) is 9.91. The topological polar surface area (TPSA) is 58.6 Å². The Morgan fingerprint density at radius 3 is 2.53 bits per heavy atom. The molecule has 1 atom stereocenters. The number of hydrogen-bond acceptors (Lipinski definition) is 3. The Kier molecular flexibility index (Phi) is 6.01. The molecule has 0 aliphatic heterocycles. The monoisotopic (exact) mass is 215 g/mol. The van der Waals surface area contributed by atoms with Crippen molar-refractivity contribution in [3.63, 3.8) is 0 Å². The minimum atomic E-state index is -0.509. The number of carbonyl (C=O) groups excluding carboxylic acids is 1. The van der Waals surface area contributed by atoms with Gasteiger partial charge < -0.3 is 15.2 Å². The van der Waals surface area contributed by atoms with Crippen LogP contribution in [0.5, 0.6) is 0 Å². The van der Waals surface area contributed by atoms with Crippen molar-refractivity contribution >= 4 is 6.09 Å². The molecule has 0 aliphatic carbocycles. The van der Waals surface area contributed by atoms with Crippen molar-refractivity contribution in [1.82, 2.24) is 5.32 Å². The van der Waals surface area contributed by atoms with Crippen LogP contribution in [-0.2, 0) is 4.74 Å². The third-order valence-electron chi connectivity index (χ3n) is 1.60. The first-order valence-electron chi connectivity index (χ1n) is 5.10. The van der Waals surface area contributed by atoms with Gasteiger partial charge in [-0.15, -0.1) is 0 Å². The zero-order valence-electron chi connectivity index (χ0n) is 9.91. The van der Waals surface area contributed by atoms with Crippen LogP contribution < -0.4 is 5.32 Å². The predicted octanol–water partition coefficient (Wildman–Crippen LogP) is 1.84. The third kappa shape index (κ3) is 8.00. The van der Waals surface area contributed by atoms with E-state index in [1.807, 2.05) is 19.1 Å². The van der Waals surface area contributed by atoms with Crippen molar-refractivity contribution in [2.45, 2.75) is 45.8 Å². The van der Waals surface area contributed by atoms with Gasteiger partial charge in [0.25, 0.3) is 0 Å². The number of aliphatic hydroxyl groups is 1. The van der Waals surface area contributed by atoms with Crippen LogP contribution in [-0.4, -0.2) is 29.4 Å². The van der Waals surface area contributed by atoms with Crippen LogP contribution in [0.1, 0.15) is 34.1 Å². The van der Waals surface area contributed by atoms with Crippen LogP contribution in [0.2, 0.25) is 0 Å². The summed E-state index contributed by atoms with van der Waals surface area (Å²) in [5.41, 5.74) is -0.509. The van der Waals surface area contributed by atoms with Crippen LogP contribution in [0.25, 0.3) is 0 Å². The zero-order chi connectivity index (χ0) is 11.9. The minimum absolute atomic E-state index is 0.0937. The number of ether oxygens (including phenoxy) is 1. The highest BCUT2D eigenvalue weighted by molar-refractivity contribution is 5.68. The summed E-state index contributed by atoms with van der Waals surface area (Å²) in [4.78, 5) is 11.3. The van der Waals surface area contributed by atoms with E-state index >= 15 is 0 Å². The van der Waals surface area contributed by atoms with Gasteiger partial charge in [-0.25, -0.2) is 4.79 Å². The first-order chi connectivity index (χ1) is 6.89. The average Bonchev–Trinajstić information content (AvgIpc) is 2.09. The van der Waals surface area contributed by atoms with Gasteiger partial charge in [0.1, 0.15) is 5.60 Å². The number of nitrogens with one attached hydrogen (secondary N) is 1. The van der Waals surface area contributed by atoms with E-state index in [1.165, 1.54) is 0 Å². The van der Waals surface area contributed by atoms with Gasteiger partial charge in [-0.05, 0) is 34.1 Å². The molecule has 1 amide bonds. The highest BCUT2D eigenvalue weighted by Gasteiger charge is 2.18. The molecule has 0 aromatic heterocycles. The fourth-order valence-electron chi connectivity index (χ4n) is 0.954. The Bertz CT molecular complexity index is 218. The molecule has 0 heterocycles. The summed E-state index contributed by atoms with van der Waals surface area (Å²) in [6.45, 7) is 7.19. The standard InChI is InChI=1S/C11H21NO3/c1-5-6-7-9(8-13)12-10(14)15-11(2,3)4/h5-6,9,13H,7-8H2,1-4H3,(H,12,14)/b6-5-/t9-/m0/s1. The first-order valence-corrected chi connectivity index (χ1v) is 5.10. The van der Waals surface area contributed by atoms with Gasteiger partial charge in [0, 0.05) is 0 Å². The van der Waals surface area contributed by atoms with Crippen molar-refractivity contribution in [2.75, 3.05) is 6.61 Å². The Balaban J connectivity index is 4.01. The molecule has 0 spiro atoms. The maximum atomic E-state index is 11.3. The summed E-state index contributed by atoms with van der Waals surface area (Å²) in [7, 11) is 0. The number of allylic oxidation sites excluding steroid dienone is 1. The number of amides is 1. The summed E-state index contributed by atoms with van der Waals surface area (Å²) in [5.74, 6) is 0. The van der Waals surface area contributed by atoms with Gasteiger partial charge in [-0.3, -0.25) is 0 Å². The van der Waals surface area contributed by atoms with E-state index in [9.17, 15) is 4.79 Å². The Labute approximate surface area is 91.3 Å². The molecular formula is C11H21NO3. The fraction of sp³-hybridized carbons (Fsp3) is 0.727. The summed E-state index contributed by atoms with van der Waals surface area (Å²) in [6, 6.07) is -0.281. The minimum Gasteiger partial charge on any atom is -0.444 e. The van der Waals surface area contributed by atoms with E-state index in [0.717, 1.165) is 0 Å². The SMILES string of the molecule is C/C=C\C[C@@H](CO)NC(=O)OC(C)(C)C. The van der Waals surface area contributed by atoms with E-state index in [0.29, 0.717) is 6.42 Å².